The van der Waals surface area contributed by atoms with E-state index in [9.17, 15) is 19.2 Å². The Morgan fingerprint density at radius 1 is 0.919 bits per heavy atom. The predicted octanol–water partition coefficient (Wildman–Crippen LogP) is 4.56. The Morgan fingerprint density at radius 3 is 2.43 bits per heavy atom. The van der Waals surface area contributed by atoms with Crippen LogP contribution in [0.3, 0.4) is 0 Å². The van der Waals surface area contributed by atoms with Crippen LogP contribution in [-0.2, 0) is 20.9 Å². The van der Waals surface area contributed by atoms with E-state index in [4.69, 9.17) is 0 Å². The summed E-state index contributed by atoms with van der Waals surface area (Å²) in [6.45, 7) is 3.88. The van der Waals surface area contributed by atoms with Crippen LogP contribution in [0.2, 0.25) is 0 Å². The molecular formula is C29H24N4O4. The SMILES string of the molecule is Cc1ccc(N2C(=O)NC(=O)C(=Cc3cn(CC(=O)Nc4cccc(C)c4)c4ccccc34)C2=O)cc1. The van der Waals surface area contributed by atoms with Crippen LogP contribution in [0.25, 0.3) is 17.0 Å². The lowest BCUT2D eigenvalue weighted by Crippen LogP contribution is -2.54. The molecule has 0 saturated carbocycles. The van der Waals surface area contributed by atoms with E-state index in [0.717, 1.165) is 26.9 Å². The average molecular weight is 493 g/mol. The van der Waals surface area contributed by atoms with Crippen LogP contribution in [0.4, 0.5) is 16.2 Å². The van der Waals surface area contributed by atoms with Crippen molar-refractivity contribution in [2.24, 2.45) is 0 Å². The number of nitrogens with one attached hydrogen (secondary N) is 2. The smallest absolute Gasteiger partial charge is 0.335 e. The van der Waals surface area contributed by atoms with Crippen LogP contribution < -0.4 is 15.5 Å². The molecule has 1 saturated heterocycles. The standard InChI is InChI=1S/C29H24N4O4/c1-18-10-12-22(13-11-18)33-28(36)24(27(35)31-29(33)37)15-20-16-32(25-9-4-3-8-23(20)25)17-26(34)30-21-7-5-6-19(2)14-21/h3-16H,17H2,1-2H3,(H,30,34)(H,31,35,37). The number of carbonyl (C=O) groups excluding carboxylic acids is 4. The number of rotatable bonds is 5. The number of urea groups is 1. The molecule has 1 aromatic heterocycles. The Labute approximate surface area is 213 Å². The van der Waals surface area contributed by atoms with E-state index in [-0.39, 0.29) is 18.0 Å². The van der Waals surface area contributed by atoms with Gasteiger partial charge in [-0.1, -0.05) is 48.0 Å². The maximum Gasteiger partial charge on any atom is 0.335 e. The molecule has 2 N–H and O–H groups in total. The molecule has 5 rings (SSSR count). The molecule has 4 aromatic rings. The van der Waals surface area contributed by atoms with Crippen molar-refractivity contribution >= 4 is 52.1 Å². The van der Waals surface area contributed by atoms with Crippen LogP contribution in [-0.4, -0.2) is 28.3 Å². The van der Waals surface area contributed by atoms with Crippen molar-refractivity contribution in [3.05, 3.63) is 101 Å². The molecular weight excluding hydrogens is 468 g/mol. The Balaban J connectivity index is 1.48. The van der Waals surface area contributed by atoms with Gasteiger partial charge < -0.3 is 9.88 Å². The van der Waals surface area contributed by atoms with Crippen molar-refractivity contribution in [1.82, 2.24) is 9.88 Å². The maximum absolute atomic E-state index is 13.3. The van der Waals surface area contributed by atoms with Crippen LogP contribution >= 0.6 is 0 Å². The minimum atomic E-state index is -0.800. The van der Waals surface area contributed by atoms with Crippen LogP contribution in [0.15, 0.2) is 84.6 Å². The third-order valence-corrected chi connectivity index (χ3v) is 6.13. The third-order valence-electron chi connectivity index (χ3n) is 6.13. The van der Waals surface area contributed by atoms with E-state index in [1.54, 1.807) is 35.0 Å². The van der Waals surface area contributed by atoms with Gasteiger partial charge in [-0.05, 0) is 55.8 Å². The van der Waals surface area contributed by atoms with Gasteiger partial charge in [0.05, 0.1) is 5.69 Å². The first-order valence-electron chi connectivity index (χ1n) is 11.7. The van der Waals surface area contributed by atoms with E-state index < -0.39 is 17.8 Å². The Hall–Kier alpha value is -4.98. The number of amides is 5. The summed E-state index contributed by atoms with van der Waals surface area (Å²) in [5, 5.41) is 5.91. The Morgan fingerprint density at radius 2 is 1.68 bits per heavy atom. The number of imide groups is 2. The van der Waals surface area contributed by atoms with Crippen LogP contribution in [0.5, 0.6) is 0 Å². The van der Waals surface area contributed by atoms with Gasteiger partial charge in [0.2, 0.25) is 5.91 Å². The molecule has 1 aliphatic rings. The first-order valence-corrected chi connectivity index (χ1v) is 11.7. The van der Waals surface area contributed by atoms with E-state index in [0.29, 0.717) is 16.9 Å². The summed E-state index contributed by atoms with van der Waals surface area (Å²) in [7, 11) is 0. The zero-order valence-corrected chi connectivity index (χ0v) is 20.3. The highest BCUT2D eigenvalue weighted by Crippen LogP contribution is 2.27. The summed E-state index contributed by atoms with van der Waals surface area (Å²) in [4.78, 5) is 52.2. The molecule has 8 heteroatoms. The molecule has 1 aliphatic heterocycles. The number of aryl methyl sites for hydroxylation is 2. The van der Waals surface area contributed by atoms with Gasteiger partial charge in [-0.15, -0.1) is 0 Å². The number of carbonyl (C=O) groups is 4. The minimum Gasteiger partial charge on any atom is -0.337 e. The lowest BCUT2D eigenvalue weighted by molar-refractivity contribution is -0.122. The highest BCUT2D eigenvalue weighted by molar-refractivity contribution is 6.39. The van der Waals surface area contributed by atoms with Gasteiger partial charge in [-0.25, -0.2) is 9.69 Å². The van der Waals surface area contributed by atoms with Crippen molar-refractivity contribution in [3.63, 3.8) is 0 Å². The normalized spacial score (nSPS) is 14.8. The molecule has 0 spiro atoms. The second-order valence-corrected chi connectivity index (χ2v) is 8.94. The highest BCUT2D eigenvalue weighted by Gasteiger charge is 2.37. The molecule has 37 heavy (non-hydrogen) atoms. The number of hydrogen-bond donors (Lipinski definition) is 2. The fraction of sp³-hybridized carbons (Fsp3) is 0.103. The molecule has 0 atom stereocenters. The number of para-hydroxylation sites is 1. The summed E-state index contributed by atoms with van der Waals surface area (Å²) < 4.78 is 1.76. The van der Waals surface area contributed by atoms with Crippen molar-refractivity contribution < 1.29 is 19.2 Å². The molecule has 8 nitrogen and oxygen atoms in total. The molecule has 2 heterocycles. The van der Waals surface area contributed by atoms with Crippen molar-refractivity contribution in [1.29, 1.82) is 0 Å². The summed E-state index contributed by atoms with van der Waals surface area (Å²) in [5.41, 5.74) is 4.24. The average Bonchev–Trinajstić information content (AvgIpc) is 3.20. The van der Waals surface area contributed by atoms with Gasteiger partial charge in [-0.2, -0.15) is 0 Å². The minimum absolute atomic E-state index is 0.0335. The second-order valence-electron chi connectivity index (χ2n) is 8.94. The topological polar surface area (TPSA) is 101 Å². The van der Waals surface area contributed by atoms with E-state index in [1.165, 1.54) is 6.08 Å². The van der Waals surface area contributed by atoms with E-state index >= 15 is 0 Å². The van der Waals surface area contributed by atoms with E-state index in [1.807, 2.05) is 62.4 Å². The quantitative estimate of drug-likeness (QED) is 0.315. The van der Waals surface area contributed by atoms with Crippen molar-refractivity contribution in [2.45, 2.75) is 20.4 Å². The molecule has 0 bridgehead atoms. The first kappa shape index (κ1) is 23.7. The number of anilines is 2. The summed E-state index contributed by atoms with van der Waals surface area (Å²) in [6, 6.07) is 21.0. The number of benzene rings is 3. The number of barbiturate groups is 1. The zero-order valence-electron chi connectivity index (χ0n) is 20.3. The Bertz CT molecular complexity index is 1600. The van der Waals surface area contributed by atoms with Gasteiger partial charge in [-0.3, -0.25) is 19.7 Å². The predicted molar refractivity (Wildman–Crippen MR) is 142 cm³/mol. The van der Waals surface area contributed by atoms with Crippen molar-refractivity contribution in [3.8, 4) is 0 Å². The molecule has 5 amide bonds. The van der Waals surface area contributed by atoms with Crippen molar-refractivity contribution in [2.75, 3.05) is 10.2 Å². The fourth-order valence-corrected chi connectivity index (χ4v) is 4.34. The van der Waals surface area contributed by atoms with Gasteiger partial charge in [0.15, 0.2) is 0 Å². The summed E-state index contributed by atoms with van der Waals surface area (Å²) in [6.07, 6.45) is 3.18. The molecule has 0 aliphatic carbocycles. The summed E-state index contributed by atoms with van der Waals surface area (Å²) in [5.74, 6) is -1.70. The van der Waals surface area contributed by atoms with E-state index in [2.05, 4.69) is 10.6 Å². The van der Waals surface area contributed by atoms with Gasteiger partial charge in [0.1, 0.15) is 12.1 Å². The maximum atomic E-state index is 13.3. The molecule has 184 valence electrons. The highest BCUT2D eigenvalue weighted by atomic mass is 16.2. The lowest BCUT2D eigenvalue weighted by Gasteiger charge is -2.26. The molecule has 3 aromatic carbocycles. The van der Waals surface area contributed by atoms with Crippen LogP contribution in [0, 0.1) is 13.8 Å². The summed E-state index contributed by atoms with van der Waals surface area (Å²) >= 11 is 0. The second kappa shape index (κ2) is 9.58. The first-order chi connectivity index (χ1) is 17.8. The monoisotopic (exact) mass is 492 g/mol. The molecule has 0 unspecified atom stereocenters. The lowest BCUT2D eigenvalue weighted by atomic mass is 10.1. The van der Waals surface area contributed by atoms with Gasteiger partial charge in [0.25, 0.3) is 11.8 Å². The number of nitrogens with zero attached hydrogens (tertiary/aromatic N) is 2. The molecule has 1 fully saturated rings. The van der Waals surface area contributed by atoms with Crippen LogP contribution in [0.1, 0.15) is 16.7 Å². The van der Waals surface area contributed by atoms with Gasteiger partial charge >= 0.3 is 6.03 Å². The Kier molecular flexibility index (Phi) is 6.15. The number of fused-ring (bicyclic) bond motifs is 1. The fourth-order valence-electron chi connectivity index (χ4n) is 4.34. The largest absolute Gasteiger partial charge is 0.337 e. The number of aromatic nitrogens is 1. The zero-order chi connectivity index (χ0) is 26.1. The molecule has 0 radical (unpaired) electrons. The third kappa shape index (κ3) is 4.77. The van der Waals surface area contributed by atoms with Gasteiger partial charge in [0, 0.05) is 28.4 Å². The number of hydrogen-bond acceptors (Lipinski definition) is 4.